The fraction of sp³-hybridized carbons (Fsp3) is 0.625. The summed E-state index contributed by atoms with van der Waals surface area (Å²) < 4.78 is 0. The fourth-order valence-electron chi connectivity index (χ4n) is 2.81. The van der Waals surface area contributed by atoms with E-state index in [2.05, 4.69) is 36.1 Å². The summed E-state index contributed by atoms with van der Waals surface area (Å²) in [6.07, 6.45) is 5.16. The molecule has 1 unspecified atom stereocenters. The highest BCUT2D eigenvalue weighted by molar-refractivity contribution is 5.18. The first kappa shape index (κ1) is 13.6. The largest absolute Gasteiger partial charge is 0.324 e. The van der Waals surface area contributed by atoms with E-state index in [1.807, 2.05) is 6.07 Å². The smallest absolute Gasteiger partial charge is 0.0307 e. The predicted octanol–water partition coefficient (Wildman–Crippen LogP) is 3.20. The van der Waals surface area contributed by atoms with Crippen molar-refractivity contribution >= 4 is 0 Å². The molecule has 1 fully saturated rings. The molecule has 2 nitrogen and oxygen atoms in total. The monoisotopic (exact) mass is 246 g/mol. The number of hydrogen-bond donors (Lipinski definition) is 1. The Morgan fingerprint density at radius 3 is 2.50 bits per heavy atom. The summed E-state index contributed by atoms with van der Waals surface area (Å²) in [7, 11) is 0. The van der Waals surface area contributed by atoms with Crippen LogP contribution in [-0.4, -0.2) is 24.5 Å². The zero-order chi connectivity index (χ0) is 12.8. The van der Waals surface area contributed by atoms with Gasteiger partial charge in [0, 0.05) is 6.04 Å². The third kappa shape index (κ3) is 3.82. The Labute approximate surface area is 111 Å². The molecule has 1 aliphatic rings. The van der Waals surface area contributed by atoms with Crippen LogP contribution in [0.25, 0.3) is 0 Å². The molecule has 0 amide bonds. The molecule has 0 radical (unpaired) electrons. The molecule has 0 bridgehead atoms. The topological polar surface area (TPSA) is 29.3 Å². The lowest BCUT2D eigenvalue weighted by Crippen LogP contribution is -2.35. The molecule has 1 aromatic carbocycles. The van der Waals surface area contributed by atoms with Gasteiger partial charge in [-0.05, 0) is 50.4 Å². The normalized spacial score (nSPS) is 19.9. The Morgan fingerprint density at radius 2 is 1.89 bits per heavy atom. The van der Waals surface area contributed by atoms with Crippen molar-refractivity contribution in [1.82, 2.24) is 4.90 Å². The Bertz CT molecular complexity index is 328. The first-order valence-corrected chi connectivity index (χ1v) is 7.32. The average Bonchev–Trinajstić information content (AvgIpc) is 2.46. The van der Waals surface area contributed by atoms with E-state index in [1.165, 1.54) is 37.9 Å². The number of nitrogens with zero attached hydrogens (tertiary/aromatic N) is 1. The molecule has 0 spiro atoms. The van der Waals surface area contributed by atoms with Crippen molar-refractivity contribution < 1.29 is 0 Å². The molecule has 1 saturated heterocycles. The lowest BCUT2D eigenvalue weighted by atomic mass is 9.94. The van der Waals surface area contributed by atoms with Crippen LogP contribution in [0.1, 0.15) is 44.2 Å². The van der Waals surface area contributed by atoms with Crippen LogP contribution in [0.4, 0.5) is 0 Å². The third-order valence-electron chi connectivity index (χ3n) is 4.27. The van der Waals surface area contributed by atoms with Crippen molar-refractivity contribution in [3.63, 3.8) is 0 Å². The predicted molar refractivity (Wildman–Crippen MR) is 77.4 cm³/mol. The van der Waals surface area contributed by atoms with Crippen LogP contribution < -0.4 is 5.73 Å². The van der Waals surface area contributed by atoms with Gasteiger partial charge in [0.05, 0.1) is 0 Å². The summed E-state index contributed by atoms with van der Waals surface area (Å²) in [5, 5.41) is 0. The average molecular weight is 246 g/mol. The van der Waals surface area contributed by atoms with Gasteiger partial charge in [0.15, 0.2) is 0 Å². The van der Waals surface area contributed by atoms with Crippen LogP contribution >= 0.6 is 0 Å². The highest BCUT2D eigenvalue weighted by Crippen LogP contribution is 2.21. The van der Waals surface area contributed by atoms with Crippen molar-refractivity contribution in [3.05, 3.63) is 35.9 Å². The van der Waals surface area contributed by atoms with E-state index in [1.54, 1.807) is 0 Å². The van der Waals surface area contributed by atoms with E-state index in [0.29, 0.717) is 0 Å². The summed E-state index contributed by atoms with van der Waals surface area (Å²) in [4.78, 5) is 2.58. The summed E-state index contributed by atoms with van der Waals surface area (Å²) in [6.45, 7) is 5.98. The van der Waals surface area contributed by atoms with Crippen LogP contribution in [0.15, 0.2) is 30.3 Å². The van der Waals surface area contributed by atoms with Crippen LogP contribution in [0.5, 0.6) is 0 Å². The van der Waals surface area contributed by atoms with Crippen LogP contribution in [0, 0.1) is 5.92 Å². The van der Waals surface area contributed by atoms with Crippen LogP contribution in [0.2, 0.25) is 0 Å². The number of hydrogen-bond acceptors (Lipinski definition) is 2. The lowest BCUT2D eigenvalue weighted by molar-refractivity contribution is 0.177. The van der Waals surface area contributed by atoms with Gasteiger partial charge in [-0.15, -0.1) is 0 Å². The van der Waals surface area contributed by atoms with E-state index < -0.39 is 0 Å². The second-order valence-electron chi connectivity index (χ2n) is 5.50. The van der Waals surface area contributed by atoms with E-state index >= 15 is 0 Å². The molecule has 2 heteroatoms. The standard InChI is InChI=1S/C16H26N2/c1-2-14-8-11-18(12-9-14)13-10-16(17)15-6-4-3-5-7-15/h3-7,14,16H,2,8-13,17H2,1H3. The van der Waals surface area contributed by atoms with Crippen molar-refractivity contribution in [2.45, 2.75) is 38.6 Å². The van der Waals surface area contributed by atoms with Crippen LogP contribution in [-0.2, 0) is 0 Å². The minimum absolute atomic E-state index is 0.190. The van der Waals surface area contributed by atoms with Crippen LogP contribution in [0.3, 0.4) is 0 Å². The summed E-state index contributed by atoms with van der Waals surface area (Å²) in [5.74, 6) is 0.962. The summed E-state index contributed by atoms with van der Waals surface area (Å²) >= 11 is 0. The second kappa shape index (κ2) is 6.91. The quantitative estimate of drug-likeness (QED) is 0.864. The SMILES string of the molecule is CCC1CCN(CCC(N)c2ccccc2)CC1. The third-order valence-corrected chi connectivity index (χ3v) is 4.27. The number of likely N-dealkylation sites (tertiary alicyclic amines) is 1. The molecule has 0 aromatic heterocycles. The Morgan fingerprint density at radius 1 is 1.22 bits per heavy atom. The molecular formula is C16H26N2. The minimum Gasteiger partial charge on any atom is -0.324 e. The molecule has 1 atom stereocenters. The first-order chi connectivity index (χ1) is 8.79. The highest BCUT2D eigenvalue weighted by atomic mass is 15.1. The molecule has 1 aromatic rings. The second-order valence-corrected chi connectivity index (χ2v) is 5.50. The van der Waals surface area contributed by atoms with E-state index in [4.69, 9.17) is 5.73 Å². The van der Waals surface area contributed by atoms with Crippen molar-refractivity contribution in [2.75, 3.05) is 19.6 Å². The van der Waals surface area contributed by atoms with Crippen molar-refractivity contribution in [1.29, 1.82) is 0 Å². The van der Waals surface area contributed by atoms with Gasteiger partial charge in [-0.1, -0.05) is 43.7 Å². The number of nitrogens with two attached hydrogens (primary N) is 1. The van der Waals surface area contributed by atoms with Crippen molar-refractivity contribution in [2.24, 2.45) is 11.7 Å². The van der Waals surface area contributed by atoms with Gasteiger partial charge in [-0.25, -0.2) is 0 Å². The van der Waals surface area contributed by atoms with Gasteiger partial charge >= 0.3 is 0 Å². The van der Waals surface area contributed by atoms with E-state index in [-0.39, 0.29) is 6.04 Å². The Balaban J connectivity index is 1.72. The fourth-order valence-corrected chi connectivity index (χ4v) is 2.81. The van der Waals surface area contributed by atoms with E-state index in [0.717, 1.165) is 18.9 Å². The molecule has 0 saturated carbocycles. The molecular weight excluding hydrogens is 220 g/mol. The molecule has 0 aliphatic carbocycles. The molecule has 1 aliphatic heterocycles. The Kier molecular flexibility index (Phi) is 5.21. The lowest BCUT2D eigenvalue weighted by Gasteiger charge is -2.32. The van der Waals surface area contributed by atoms with Gasteiger partial charge < -0.3 is 10.6 Å². The maximum Gasteiger partial charge on any atom is 0.0307 e. The maximum absolute atomic E-state index is 6.24. The van der Waals surface area contributed by atoms with Gasteiger partial charge in [-0.2, -0.15) is 0 Å². The minimum atomic E-state index is 0.190. The first-order valence-electron chi connectivity index (χ1n) is 7.32. The number of rotatable bonds is 5. The van der Waals surface area contributed by atoms with Gasteiger partial charge in [0.1, 0.15) is 0 Å². The van der Waals surface area contributed by atoms with Gasteiger partial charge in [-0.3, -0.25) is 0 Å². The molecule has 1 heterocycles. The number of benzene rings is 1. The molecule has 18 heavy (non-hydrogen) atoms. The molecule has 2 N–H and O–H groups in total. The summed E-state index contributed by atoms with van der Waals surface area (Å²) in [6, 6.07) is 10.6. The van der Waals surface area contributed by atoms with Crippen molar-refractivity contribution in [3.8, 4) is 0 Å². The zero-order valence-electron chi connectivity index (χ0n) is 11.5. The van der Waals surface area contributed by atoms with E-state index in [9.17, 15) is 0 Å². The van der Waals surface area contributed by atoms with Gasteiger partial charge in [0.25, 0.3) is 0 Å². The Hall–Kier alpha value is -0.860. The van der Waals surface area contributed by atoms with Gasteiger partial charge in [0.2, 0.25) is 0 Å². The zero-order valence-corrected chi connectivity index (χ0v) is 11.5. The summed E-state index contributed by atoms with van der Waals surface area (Å²) in [5.41, 5.74) is 7.50. The maximum atomic E-state index is 6.24. The number of piperidine rings is 1. The molecule has 2 rings (SSSR count). The highest BCUT2D eigenvalue weighted by Gasteiger charge is 2.18. The molecule has 100 valence electrons.